The molecule has 1 saturated heterocycles. The third kappa shape index (κ3) is 2.73. The van der Waals surface area contributed by atoms with Crippen LogP contribution in [0.2, 0.25) is 0 Å². The third-order valence-electron chi connectivity index (χ3n) is 3.43. The molecule has 0 unspecified atom stereocenters. The molecule has 0 aliphatic carbocycles. The average Bonchev–Trinajstić information content (AvgIpc) is 2.39. The zero-order valence-corrected chi connectivity index (χ0v) is 10.2. The fraction of sp³-hybridized carbons (Fsp3) is 0.462. The van der Waals surface area contributed by atoms with Gasteiger partial charge in [0.25, 0.3) is 5.91 Å². The Hall–Kier alpha value is -1.56. The summed E-state index contributed by atoms with van der Waals surface area (Å²) in [4.78, 5) is 13.4. The summed E-state index contributed by atoms with van der Waals surface area (Å²) < 4.78 is 37.9. The predicted molar refractivity (Wildman–Crippen MR) is 62.6 cm³/mol. The highest BCUT2D eigenvalue weighted by Crippen LogP contribution is 2.38. The molecule has 1 aliphatic heterocycles. The zero-order valence-electron chi connectivity index (χ0n) is 10.2. The first-order chi connectivity index (χ1) is 8.83. The van der Waals surface area contributed by atoms with E-state index in [1.165, 1.54) is 4.90 Å². The van der Waals surface area contributed by atoms with Crippen LogP contribution in [0, 0.1) is 0 Å². The van der Waals surface area contributed by atoms with Gasteiger partial charge in [-0.3, -0.25) is 4.79 Å². The van der Waals surface area contributed by atoms with E-state index < -0.39 is 24.6 Å². The number of likely N-dealkylation sites (tertiary alicyclic amines) is 1. The Morgan fingerprint density at radius 1 is 1.16 bits per heavy atom. The molecule has 1 aromatic rings. The monoisotopic (exact) mass is 273 g/mol. The fourth-order valence-electron chi connectivity index (χ4n) is 2.13. The summed E-state index contributed by atoms with van der Waals surface area (Å²) >= 11 is 0. The lowest BCUT2D eigenvalue weighted by molar-refractivity contribution is -0.271. The summed E-state index contributed by atoms with van der Waals surface area (Å²) in [6.07, 6.45) is -5.60. The molecule has 1 aromatic carbocycles. The molecular weight excluding hydrogens is 259 g/mol. The molecule has 1 N–H and O–H groups in total. The van der Waals surface area contributed by atoms with Crippen molar-refractivity contribution in [2.45, 2.75) is 24.6 Å². The topological polar surface area (TPSA) is 40.5 Å². The summed E-state index contributed by atoms with van der Waals surface area (Å²) in [7, 11) is 0. The van der Waals surface area contributed by atoms with Crippen molar-refractivity contribution in [1.29, 1.82) is 0 Å². The van der Waals surface area contributed by atoms with Crippen LogP contribution in [0.1, 0.15) is 23.2 Å². The van der Waals surface area contributed by atoms with Crippen LogP contribution in [0.15, 0.2) is 30.3 Å². The van der Waals surface area contributed by atoms with Crippen molar-refractivity contribution in [1.82, 2.24) is 4.90 Å². The van der Waals surface area contributed by atoms with Crippen molar-refractivity contribution in [2.75, 3.05) is 13.1 Å². The largest absolute Gasteiger partial charge is 0.417 e. The Bertz CT molecular complexity index is 451. The van der Waals surface area contributed by atoms with Gasteiger partial charge in [-0.05, 0) is 12.1 Å². The molecule has 0 bridgehead atoms. The Kier molecular flexibility index (Phi) is 3.54. The Morgan fingerprint density at radius 2 is 1.68 bits per heavy atom. The number of aliphatic hydroxyl groups is 1. The number of carbonyl (C=O) groups is 1. The van der Waals surface area contributed by atoms with Crippen LogP contribution >= 0.6 is 0 Å². The number of piperidine rings is 1. The Morgan fingerprint density at radius 3 is 2.16 bits per heavy atom. The molecule has 0 aromatic heterocycles. The summed E-state index contributed by atoms with van der Waals surface area (Å²) in [6, 6.07) is 8.39. The summed E-state index contributed by atoms with van der Waals surface area (Å²) in [5, 5.41) is 9.51. The molecule has 3 nitrogen and oxygen atoms in total. The van der Waals surface area contributed by atoms with Gasteiger partial charge in [-0.25, -0.2) is 0 Å². The number of hydrogen-bond acceptors (Lipinski definition) is 2. The molecule has 1 aliphatic rings. The lowest BCUT2D eigenvalue weighted by atomic mass is 9.90. The van der Waals surface area contributed by atoms with Crippen LogP contribution in [-0.4, -0.2) is 40.8 Å². The highest BCUT2D eigenvalue weighted by Gasteiger charge is 2.54. The van der Waals surface area contributed by atoms with Crippen LogP contribution in [0.25, 0.3) is 0 Å². The third-order valence-corrected chi connectivity index (χ3v) is 3.43. The van der Waals surface area contributed by atoms with Gasteiger partial charge in [-0.1, -0.05) is 18.2 Å². The van der Waals surface area contributed by atoms with Crippen LogP contribution in [0.3, 0.4) is 0 Å². The molecule has 1 fully saturated rings. The quantitative estimate of drug-likeness (QED) is 0.852. The lowest BCUT2D eigenvalue weighted by Gasteiger charge is -2.39. The van der Waals surface area contributed by atoms with Crippen molar-refractivity contribution in [3.8, 4) is 0 Å². The molecule has 19 heavy (non-hydrogen) atoms. The molecule has 0 spiro atoms. The van der Waals surface area contributed by atoms with Gasteiger partial charge in [0, 0.05) is 31.5 Å². The maximum atomic E-state index is 12.6. The number of nitrogens with zero attached hydrogens (tertiary/aromatic N) is 1. The first-order valence-electron chi connectivity index (χ1n) is 5.97. The molecule has 0 atom stereocenters. The van der Waals surface area contributed by atoms with Gasteiger partial charge in [0.15, 0.2) is 5.60 Å². The number of benzene rings is 1. The molecule has 1 heterocycles. The van der Waals surface area contributed by atoms with Crippen LogP contribution in [0.5, 0.6) is 0 Å². The summed E-state index contributed by atoms with van der Waals surface area (Å²) in [5.74, 6) is -0.301. The summed E-state index contributed by atoms with van der Waals surface area (Å²) in [6.45, 7) is -0.187. The van der Waals surface area contributed by atoms with E-state index in [2.05, 4.69) is 0 Å². The van der Waals surface area contributed by atoms with Gasteiger partial charge in [0.05, 0.1) is 0 Å². The van der Waals surface area contributed by atoms with Gasteiger partial charge < -0.3 is 10.0 Å². The number of hydrogen-bond donors (Lipinski definition) is 1. The molecule has 0 saturated carbocycles. The summed E-state index contributed by atoms with van der Waals surface area (Å²) in [5.41, 5.74) is -2.22. The van der Waals surface area contributed by atoms with E-state index in [9.17, 15) is 23.1 Å². The normalized spacial score (nSPS) is 19.3. The molecule has 2 rings (SSSR count). The average molecular weight is 273 g/mol. The SMILES string of the molecule is O=C(c1ccccc1)N1CCC(O)(C(F)(F)F)CC1. The van der Waals surface area contributed by atoms with Crippen LogP contribution < -0.4 is 0 Å². The van der Waals surface area contributed by atoms with Gasteiger partial charge in [0.2, 0.25) is 0 Å². The Balaban J connectivity index is 2.03. The standard InChI is InChI=1S/C13H14F3NO2/c14-13(15,16)12(19)6-8-17(9-7-12)11(18)10-4-2-1-3-5-10/h1-5,19H,6-9H2. The minimum atomic E-state index is -4.64. The van der Waals surface area contributed by atoms with Gasteiger partial charge in [-0.2, -0.15) is 13.2 Å². The molecular formula is C13H14F3NO2. The maximum absolute atomic E-state index is 12.6. The first-order valence-corrected chi connectivity index (χ1v) is 5.97. The van der Waals surface area contributed by atoms with E-state index >= 15 is 0 Å². The number of amides is 1. The predicted octanol–water partition coefficient (Wildman–Crippen LogP) is 2.22. The van der Waals surface area contributed by atoms with E-state index in [1.807, 2.05) is 0 Å². The number of halogens is 3. The van der Waals surface area contributed by atoms with E-state index in [0.717, 1.165) is 0 Å². The first kappa shape index (κ1) is 13.9. The fourth-order valence-corrected chi connectivity index (χ4v) is 2.13. The lowest BCUT2D eigenvalue weighted by Crippen LogP contribution is -2.54. The second-order valence-electron chi connectivity index (χ2n) is 4.69. The van der Waals surface area contributed by atoms with E-state index in [4.69, 9.17) is 0 Å². The minimum absolute atomic E-state index is 0.0935. The van der Waals surface area contributed by atoms with E-state index in [-0.39, 0.29) is 19.0 Å². The highest BCUT2D eigenvalue weighted by atomic mass is 19.4. The molecule has 104 valence electrons. The molecule has 1 amide bonds. The second kappa shape index (κ2) is 4.85. The number of alkyl halides is 3. The van der Waals surface area contributed by atoms with Crippen molar-refractivity contribution in [2.24, 2.45) is 0 Å². The van der Waals surface area contributed by atoms with E-state index in [1.54, 1.807) is 30.3 Å². The molecule has 6 heteroatoms. The van der Waals surface area contributed by atoms with Crippen molar-refractivity contribution in [3.63, 3.8) is 0 Å². The van der Waals surface area contributed by atoms with Crippen LogP contribution in [0.4, 0.5) is 13.2 Å². The highest BCUT2D eigenvalue weighted by molar-refractivity contribution is 5.94. The van der Waals surface area contributed by atoms with Gasteiger partial charge in [0.1, 0.15) is 0 Å². The number of carbonyl (C=O) groups excluding carboxylic acids is 1. The number of rotatable bonds is 1. The Labute approximate surface area is 108 Å². The smallest absolute Gasteiger partial charge is 0.380 e. The second-order valence-corrected chi connectivity index (χ2v) is 4.69. The maximum Gasteiger partial charge on any atom is 0.417 e. The van der Waals surface area contributed by atoms with Crippen molar-refractivity contribution >= 4 is 5.91 Å². The van der Waals surface area contributed by atoms with Gasteiger partial charge >= 0.3 is 6.18 Å². The van der Waals surface area contributed by atoms with Gasteiger partial charge in [-0.15, -0.1) is 0 Å². The molecule has 0 radical (unpaired) electrons. The minimum Gasteiger partial charge on any atom is -0.380 e. The van der Waals surface area contributed by atoms with E-state index in [0.29, 0.717) is 5.56 Å². The zero-order chi connectivity index (χ0) is 14.1. The van der Waals surface area contributed by atoms with Crippen molar-refractivity contribution in [3.05, 3.63) is 35.9 Å². The van der Waals surface area contributed by atoms with Crippen molar-refractivity contribution < 1.29 is 23.1 Å². The van der Waals surface area contributed by atoms with Crippen LogP contribution in [-0.2, 0) is 0 Å².